The van der Waals surface area contributed by atoms with Crippen molar-refractivity contribution < 1.29 is 14.3 Å². The van der Waals surface area contributed by atoms with Crippen molar-refractivity contribution in [1.82, 2.24) is 5.32 Å². The van der Waals surface area contributed by atoms with E-state index in [1.807, 2.05) is 12.1 Å². The molecule has 0 aliphatic heterocycles. The Morgan fingerprint density at radius 3 is 2.43 bits per heavy atom. The van der Waals surface area contributed by atoms with Gasteiger partial charge in [-0.15, -0.1) is 0 Å². The Kier molecular flexibility index (Phi) is 8.53. The van der Waals surface area contributed by atoms with Gasteiger partial charge in [0, 0.05) is 23.4 Å². The van der Waals surface area contributed by atoms with Gasteiger partial charge in [-0.2, -0.15) is 0 Å². The van der Waals surface area contributed by atoms with Crippen molar-refractivity contribution in [3.05, 3.63) is 59.7 Å². The lowest BCUT2D eigenvalue weighted by atomic mass is 10.1. The highest BCUT2D eigenvalue weighted by Gasteiger charge is 2.09. The van der Waals surface area contributed by atoms with Gasteiger partial charge in [0.15, 0.2) is 0 Å². The Bertz CT molecular complexity index is 770. The van der Waals surface area contributed by atoms with Crippen LogP contribution in [0.25, 0.3) is 0 Å². The molecule has 0 aromatic heterocycles. The van der Waals surface area contributed by atoms with Crippen LogP contribution in [0.4, 0.5) is 5.69 Å². The van der Waals surface area contributed by atoms with Crippen molar-refractivity contribution in [2.75, 3.05) is 18.5 Å². The minimum atomic E-state index is -0.213. The Balaban J connectivity index is 1.92. The monoisotopic (exact) mass is 382 g/mol. The minimum Gasteiger partial charge on any atom is -0.494 e. The Labute approximate surface area is 167 Å². The number of rotatable bonds is 10. The van der Waals surface area contributed by atoms with E-state index in [1.165, 1.54) is 0 Å². The standard InChI is InChI=1S/C23H30N2O3/c1-4-5-14-24-22(26)18-9-11-20(12-10-18)25-23(27)19-7-6-8-21(16-19)28-15-13-17(2)3/h6-12,16-17H,4-5,13-15H2,1-3H3,(H,24,26)(H,25,27). The number of benzene rings is 2. The maximum absolute atomic E-state index is 12.5. The minimum absolute atomic E-state index is 0.0995. The summed E-state index contributed by atoms with van der Waals surface area (Å²) in [7, 11) is 0. The van der Waals surface area contributed by atoms with Crippen molar-refractivity contribution in [3.8, 4) is 5.75 Å². The van der Waals surface area contributed by atoms with E-state index in [-0.39, 0.29) is 11.8 Å². The van der Waals surface area contributed by atoms with Crippen LogP contribution in [-0.4, -0.2) is 25.0 Å². The van der Waals surface area contributed by atoms with E-state index >= 15 is 0 Å². The number of amides is 2. The molecule has 5 heteroatoms. The van der Waals surface area contributed by atoms with Crippen molar-refractivity contribution in [3.63, 3.8) is 0 Å². The second-order valence-electron chi connectivity index (χ2n) is 7.20. The highest BCUT2D eigenvalue weighted by molar-refractivity contribution is 6.04. The van der Waals surface area contributed by atoms with E-state index < -0.39 is 0 Å². The molecule has 2 amide bonds. The van der Waals surface area contributed by atoms with Gasteiger partial charge in [0.2, 0.25) is 0 Å². The molecule has 0 unspecified atom stereocenters. The molecule has 0 atom stereocenters. The van der Waals surface area contributed by atoms with Gasteiger partial charge in [0.1, 0.15) is 5.75 Å². The smallest absolute Gasteiger partial charge is 0.255 e. The van der Waals surface area contributed by atoms with E-state index in [0.29, 0.717) is 41.6 Å². The zero-order chi connectivity index (χ0) is 20.4. The molecule has 2 aromatic carbocycles. The van der Waals surface area contributed by atoms with Crippen LogP contribution in [-0.2, 0) is 0 Å². The Morgan fingerprint density at radius 1 is 1.00 bits per heavy atom. The molecule has 0 fully saturated rings. The highest BCUT2D eigenvalue weighted by atomic mass is 16.5. The fraction of sp³-hybridized carbons (Fsp3) is 0.391. The van der Waals surface area contributed by atoms with Crippen molar-refractivity contribution >= 4 is 17.5 Å². The Hall–Kier alpha value is -2.82. The van der Waals surface area contributed by atoms with E-state index in [2.05, 4.69) is 31.4 Å². The molecule has 2 aromatic rings. The van der Waals surface area contributed by atoms with E-state index in [1.54, 1.807) is 36.4 Å². The molecule has 0 aliphatic carbocycles. The summed E-state index contributed by atoms with van der Waals surface area (Å²) in [6.45, 7) is 7.67. The van der Waals surface area contributed by atoms with Gasteiger partial charge >= 0.3 is 0 Å². The number of anilines is 1. The van der Waals surface area contributed by atoms with Crippen LogP contribution in [0.5, 0.6) is 5.75 Å². The fourth-order valence-corrected chi connectivity index (χ4v) is 2.53. The molecule has 28 heavy (non-hydrogen) atoms. The van der Waals surface area contributed by atoms with Crippen LogP contribution >= 0.6 is 0 Å². The molecule has 2 rings (SSSR count). The molecule has 0 heterocycles. The van der Waals surface area contributed by atoms with Crippen LogP contribution in [0.1, 0.15) is 60.7 Å². The number of carbonyl (C=O) groups excluding carboxylic acids is 2. The number of ether oxygens (including phenoxy) is 1. The molecule has 0 saturated heterocycles. The number of hydrogen-bond acceptors (Lipinski definition) is 3. The first-order valence-electron chi connectivity index (χ1n) is 9.92. The van der Waals surface area contributed by atoms with Crippen LogP contribution in [0, 0.1) is 5.92 Å². The quantitative estimate of drug-likeness (QED) is 0.575. The second-order valence-corrected chi connectivity index (χ2v) is 7.20. The van der Waals surface area contributed by atoms with Gasteiger partial charge in [-0.05, 0) is 61.2 Å². The lowest BCUT2D eigenvalue weighted by Crippen LogP contribution is -2.24. The third-order valence-electron chi connectivity index (χ3n) is 4.28. The third-order valence-corrected chi connectivity index (χ3v) is 4.28. The highest BCUT2D eigenvalue weighted by Crippen LogP contribution is 2.17. The molecule has 150 valence electrons. The van der Waals surface area contributed by atoms with Gasteiger partial charge in [0.25, 0.3) is 11.8 Å². The fourth-order valence-electron chi connectivity index (χ4n) is 2.53. The van der Waals surface area contributed by atoms with Gasteiger partial charge in [-0.25, -0.2) is 0 Å². The summed E-state index contributed by atoms with van der Waals surface area (Å²) >= 11 is 0. The third kappa shape index (κ3) is 7.06. The summed E-state index contributed by atoms with van der Waals surface area (Å²) < 4.78 is 5.72. The summed E-state index contributed by atoms with van der Waals surface area (Å²) in [4.78, 5) is 24.5. The van der Waals surface area contributed by atoms with Gasteiger partial charge in [0.05, 0.1) is 6.61 Å². The summed E-state index contributed by atoms with van der Waals surface area (Å²) in [6.07, 6.45) is 2.96. The second kappa shape index (κ2) is 11.1. The van der Waals surface area contributed by atoms with Crippen molar-refractivity contribution in [1.29, 1.82) is 0 Å². The van der Waals surface area contributed by atoms with Gasteiger partial charge in [-0.3, -0.25) is 9.59 Å². The molecule has 0 spiro atoms. The molecular weight excluding hydrogens is 352 g/mol. The molecule has 0 saturated carbocycles. The van der Waals surface area contributed by atoms with E-state index in [4.69, 9.17) is 4.74 Å². The van der Waals surface area contributed by atoms with Crippen molar-refractivity contribution in [2.45, 2.75) is 40.0 Å². The first-order valence-corrected chi connectivity index (χ1v) is 9.92. The number of hydrogen-bond donors (Lipinski definition) is 2. The van der Waals surface area contributed by atoms with Gasteiger partial charge < -0.3 is 15.4 Å². The molecule has 0 bridgehead atoms. The average molecular weight is 383 g/mol. The van der Waals surface area contributed by atoms with Crippen LogP contribution in [0.2, 0.25) is 0 Å². The summed E-state index contributed by atoms with van der Waals surface area (Å²) in [6, 6.07) is 14.0. The van der Waals surface area contributed by atoms with Crippen molar-refractivity contribution in [2.24, 2.45) is 5.92 Å². The molecule has 5 nitrogen and oxygen atoms in total. The molecule has 2 N–H and O–H groups in total. The van der Waals surface area contributed by atoms with E-state index in [9.17, 15) is 9.59 Å². The zero-order valence-corrected chi connectivity index (χ0v) is 17.0. The first kappa shape index (κ1) is 21.5. The predicted octanol–water partition coefficient (Wildman–Crippen LogP) is 4.89. The van der Waals surface area contributed by atoms with Crippen LogP contribution in [0.15, 0.2) is 48.5 Å². The van der Waals surface area contributed by atoms with Gasteiger partial charge in [-0.1, -0.05) is 33.3 Å². The molecule has 0 aliphatic rings. The lowest BCUT2D eigenvalue weighted by molar-refractivity contribution is 0.0952. The maximum atomic E-state index is 12.5. The largest absolute Gasteiger partial charge is 0.494 e. The van der Waals surface area contributed by atoms with E-state index in [0.717, 1.165) is 19.3 Å². The predicted molar refractivity (Wildman–Crippen MR) is 113 cm³/mol. The SMILES string of the molecule is CCCCNC(=O)c1ccc(NC(=O)c2cccc(OCCC(C)C)c2)cc1. The number of carbonyl (C=O) groups is 2. The first-order chi connectivity index (χ1) is 13.5. The number of nitrogens with one attached hydrogen (secondary N) is 2. The normalized spacial score (nSPS) is 10.6. The van der Waals surface area contributed by atoms with Crippen LogP contribution < -0.4 is 15.4 Å². The number of unbranched alkanes of at least 4 members (excludes halogenated alkanes) is 1. The summed E-state index contributed by atoms with van der Waals surface area (Å²) in [5.41, 5.74) is 1.75. The topological polar surface area (TPSA) is 67.4 Å². The molecule has 0 radical (unpaired) electrons. The summed E-state index contributed by atoms with van der Waals surface area (Å²) in [5.74, 6) is 0.947. The van der Waals surface area contributed by atoms with Crippen LogP contribution in [0.3, 0.4) is 0 Å². The Morgan fingerprint density at radius 2 is 1.75 bits per heavy atom. The molecular formula is C23H30N2O3. The zero-order valence-electron chi connectivity index (χ0n) is 17.0. The maximum Gasteiger partial charge on any atom is 0.255 e. The lowest BCUT2D eigenvalue weighted by Gasteiger charge is -2.10. The summed E-state index contributed by atoms with van der Waals surface area (Å²) in [5, 5.41) is 5.73. The average Bonchev–Trinajstić information content (AvgIpc) is 2.68.